The van der Waals surface area contributed by atoms with Crippen LogP contribution in [-0.4, -0.2) is 28.9 Å². The van der Waals surface area contributed by atoms with Crippen LogP contribution in [0, 0.1) is 5.92 Å². The van der Waals surface area contributed by atoms with Gasteiger partial charge in [0.25, 0.3) is 0 Å². The van der Waals surface area contributed by atoms with E-state index in [1.165, 1.54) is 0 Å². The van der Waals surface area contributed by atoms with Crippen molar-refractivity contribution in [2.45, 2.75) is 52.1 Å². The van der Waals surface area contributed by atoms with E-state index in [0.29, 0.717) is 12.3 Å². The third-order valence-electron chi connectivity index (χ3n) is 3.51. The Labute approximate surface area is 120 Å². The summed E-state index contributed by atoms with van der Waals surface area (Å²) in [6, 6.07) is 0. The summed E-state index contributed by atoms with van der Waals surface area (Å²) in [6.07, 6.45) is 9.40. The highest BCUT2D eigenvalue weighted by Crippen LogP contribution is 2.32. The molecule has 4 nitrogen and oxygen atoms in total. The Morgan fingerprint density at radius 1 is 1.45 bits per heavy atom. The zero-order valence-electron chi connectivity index (χ0n) is 12.5. The maximum atomic E-state index is 12.2. The molecule has 1 amide bonds. The Morgan fingerprint density at radius 3 is 2.90 bits per heavy atom. The summed E-state index contributed by atoms with van der Waals surface area (Å²) in [4.78, 5) is 25.8. The average molecular weight is 277 g/mol. The van der Waals surface area contributed by atoms with Crippen LogP contribution in [0.15, 0.2) is 23.9 Å². The molecule has 0 spiro atoms. The fourth-order valence-corrected chi connectivity index (χ4v) is 2.70. The van der Waals surface area contributed by atoms with Crippen LogP contribution >= 0.6 is 0 Å². The molecule has 0 aromatic rings. The molecule has 0 bridgehead atoms. The van der Waals surface area contributed by atoms with Crippen LogP contribution in [0.25, 0.3) is 0 Å². The first-order valence-corrected chi connectivity index (χ1v) is 7.26. The van der Waals surface area contributed by atoms with Gasteiger partial charge in [-0.05, 0) is 46.1 Å². The second-order valence-electron chi connectivity index (χ2n) is 6.41. The SMILES string of the molecule is CC(C)(C)OC(=O)CN1C(=O)CCCC2CC=CC=C21. The van der Waals surface area contributed by atoms with Crippen molar-refractivity contribution in [3.05, 3.63) is 23.9 Å². The van der Waals surface area contributed by atoms with E-state index >= 15 is 0 Å². The number of carbonyl (C=O) groups is 2. The first kappa shape index (κ1) is 14.8. The predicted octanol–water partition coefficient (Wildman–Crippen LogP) is 2.80. The molecule has 20 heavy (non-hydrogen) atoms. The predicted molar refractivity (Wildman–Crippen MR) is 76.7 cm³/mol. The van der Waals surface area contributed by atoms with E-state index in [1.807, 2.05) is 32.9 Å². The molecule has 1 fully saturated rings. The summed E-state index contributed by atoms with van der Waals surface area (Å²) in [5, 5.41) is 0. The second-order valence-corrected chi connectivity index (χ2v) is 6.41. The van der Waals surface area contributed by atoms with Gasteiger partial charge >= 0.3 is 5.97 Å². The number of hydrogen-bond acceptors (Lipinski definition) is 3. The number of amides is 1. The third kappa shape index (κ3) is 3.71. The van der Waals surface area contributed by atoms with Crippen molar-refractivity contribution in [2.24, 2.45) is 5.92 Å². The summed E-state index contributed by atoms with van der Waals surface area (Å²) in [5.41, 5.74) is 0.451. The van der Waals surface area contributed by atoms with Crippen molar-refractivity contribution in [3.63, 3.8) is 0 Å². The number of carbonyl (C=O) groups excluding carboxylic acids is 2. The fraction of sp³-hybridized carbons (Fsp3) is 0.625. The summed E-state index contributed by atoms with van der Waals surface area (Å²) >= 11 is 0. The molecule has 1 heterocycles. The topological polar surface area (TPSA) is 46.6 Å². The van der Waals surface area contributed by atoms with Gasteiger partial charge in [0.2, 0.25) is 5.91 Å². The van der Waals surface area contributed by atoms with Crippen LogP contribution in [0.4, 0.5) is 0 Å². The van der Waals surface area contributed by atoms with E-state index in [-0.39, 0.29) is 18.4 Å². The van der Waals surface area contributed by atoms with Crippen LogP contribution in [0.1, 0.15) is 46.5 Å². The highest BCUT2D eigenvalue weighted by molar-refractivity contribution is 5.84. The molecular formula is C16H23NO3. The average Bonchev–Trinajstić information content (AvgIpc) is 2.48. The Kier molecular flexibility index (Phi) is 4.31. The molecule has 1 aliphatic heterocycles. The highest BCUT2D eigenvalue weighted by Gasteiger charge is 2.31. The quantitative estimate of drug-likeness (QED) is 0.729. The molecule has 0 aromatic heterocycles. The Bertz CT molecular complexity index is 457. The van der Waals surface area contributed by atoms with E-state index in [1.54, 1.807) is 4.90 Å². The number of esters is 1. The van der Waals surface area contributed by atoms with Crippen LogP contribution in [-0.2, 0) is 14.3 Å². The summed E-state index contributed by atoms with van der Waals surface area (Å²) < 4.78 is 5.33. The number of allylic oxidation sites excluding steroid dienone is 4. The highest BCUT2D eigenvalue weighted by atomic mass is 16.6. The van der Waals surface area contributed by atoms with Crippen LogP contribution in [0.3, 0.4) is 0 Å². The number of nitrogens with zero attached hydrogens (tertiary/aromatic N) is 1. The first-order valence-electron chi connectivity index (χ1n) is 7.26. The van der Waals surface area contributed by atoms with Gasteiger partial charge in [-0.1, -0.05) is 12.2 Å². The third-order valence-corrected chi connectivity index (χ3v) is 3.51. The fourth-order valence-electron chi connectivity index (χ4n) is 2.70. The zero-order valence-corrected chi connectivity index (χ0v) is 12.5. The molecule has 4 heteroatoms. The summed E-state index contributed by atoms with van der Waals surface area (Å²) in [6.45, 7) is 5.52. The van der Waals surface area contributed by atoms with Gasteiger partial charge in [0.1, 0.15) is 12.1 Å². The van der Waals surface area contributed by atoms with Crippen molar-refractivity contribution >= 4 is 11.9 Å². The van der Waals surface area contributed by atoms with E-state index in [0.717, 1.165) is 25.0 Å². The smallest absolute Gasteiger partial charge is 0.326 e. The minimum Gasteiger partial charge on any atom is -0.459 e. The molecule has 2 aliphatic rings. The molecular weight excluding hydrogens is 254 g/mol. The maximum absolute atomic E-state index is 12.2. The number of ether oxygens (including phenoxy) is 1. The van der Waals surface area contributed by atoms with Crippen molar-refractivity contribution in [1.29, 1.82) is 0 Å². The standard InChI is InChI=1S/C16H23NO3/c1-16(2,3)20-15(19)11-17-13-9-5-4-7-12(13)8-6-10-14(17)18/h4-5,9,12H,6-8,10-11H2,1-3H3. The lowest BCUT2D eigenvalue weighted by atomic mass is 9.92. The molecule has 2 rings (SSSR count). The summed E-state index contributed by atoms with van der Waals surface area (Å²) in [5.74, 6) is 0.0377. The van der Waals surface area contributed by atoms with E-state index in [9.17, 15) is 9.59 Å². The number of hydrogen-bond donors (Lipinski definition) is 0. The minimum atomic E-state index is -0.522. The first-order chi connectivity index (χ1) is 9.37. The lowest BCUT2D eigenvalue weighted by Gasteiger charge is -2.29. The van der Waals surface area contributed by atoms with Gasteiger partial charge in [0, 0.05) is 18.0 Å². The van der Waals surface area contributed by atoms with Gasteiger partial charge in [-0.2, -0.15) is 0 Å². The normalized spacial score (nSPS) is 22.9. The van der Waals surface area contributed by atoms with E-state index in [2.05, 4.69) is 6.08 Å². The number of likely N-dealkylation sites (tertiary alicyclic amines) is 1. The van der Waals surface area contributed by atoms with Gasteiger partial charge in [0.05, 0.1) is 0 Å². The van der Waals surface area contributed by atoms with Gasteiger partial charge in [-0.15, -0.1) is 0 Å². The molecule has 1 saturated heterocycles. The largest absolute Gasteiger partial charge is 0.459 e. The Hall–Kier alpha value is -1.58. The summed E-state index contributed by atoms with van der Waals surface area (Å²) in [7, 11) is 0. The Balaban J connectivity index is 2.13. The lowest BCUT2D eigenvalue weighted by molar-refractivity contribution is -0.158. The monoisotopic (exact) mass is 277 g/mol. The van der Waals surface area contributed by atoms with Crippen LogP contribution in [0.2, 0.25) is 0 Å². The molecule has 0 radical (unpaired) electrons. The maximum Gasteiger partial charge on any atom is 0.326 e. The molecule has 0 N–H and O–H groups in total. The number of rotatable bonds is 2. The van der Waals surface area contributed by atoms with Crippen molar-refractivity contribution in [3.8, 4) is 0 Å². The van der Waals surface area contributed by atoms with Crippen molar-refractivity contribution < 1.29 is 14.3 Å². The van der Waals surface area contributed by atoms with E-state index < -0.39 is 5.60 Å². The van der Waals surface area contributed by atoms with Crippen LogP contribution in [0.5, 0.6) is 0 Å². The molecule has 1 unspecified atom stereocenters. The molecule has 0 aromatic carbocycles. The van der Waals surface area contributed by atoms with Gasteiger partial charge in [-0.25, -0.2) is 0 Å². The molecule has 0 saturated carbocycles. The van der Waals surface area contributed by atoms with Crippen molar-refractivity contribution in [2.75, 3.05) is 6.54 Å². The molecule has 1 aliphatic carbocycles. The molecule has 1 atom stereocenters. The Morgan fingerprint density at radius 2 is 2.20 bits per heavy atom. The number of fused-ring (bicyclic) bond motifs is 1. The van der Waals surface area contributed by atoms with E-state index in [4.69, 9.17) is 4.74 Å². The zero-order chi connectivity index (χ0) is 14.8. The van der Waals surface area contributed by atoms with Gasteiger partial charge < -0.3 is 9.64 Å². The van der Waals surface area contributed by atoms with Crippen LogP contribution < -0.4 is 0 Å². The van der Waals surface area contributed by atoms with Crippen molar-refractivity contribution in [1.82, 2.24) is 4.90 Å². The minimum absolute atomic E-state index is 0.0201. The second kappa shape index (κ2) is 5.81. The van der Waals surface area contributed by atoms with Gasteiger partial charge in [-0.3, -0.25) is 9.59 Å². The molecule has 110 valence electrons. The van der Waals surface area contributed by atoms with Gasteiger partial charge in [0.15, 0.2) is 0 Å². The lowest BCUT2D eigenvalue weighted by Crippen LogP contribution is -2.39.